The zero-order valence-electron chi connectivity index (χ0n) is 11.8. The van der Waals surface area contributed by atoms with Crippen molar-refractivity contribution in [3.8, 4) is 5.75 Å². The van der Waals surface area contributed by atoms with Crippen molar-refractivity contribution in [1.29, 1.82) is 0 Å². The van der Waals surface area contributed by atoms with Crippen LogP contribution in [0.15, 0.2) is 18.2 Å². The molecule has 0 heterocycles. The summed E-state index contributed by atoms with van der Waals surface area (Å²) in [4.78, 5) is 23.6. The summed E-state index contributed by atoms with van der Waals surface area (Å²) >= 11 is 5.92. The van der Waals surface area contributed by atoms with Crippen LogP contribution in [0.4, 0.5) is 5.69 Å². The Hall–Kier alpha value is -1.75. The van der Waals surface area contributed by atoms with Gasteiger partial charge in [0.25, 0.3) is 0 Å². The zero-order chi connectivity index (χ0) is 15.5. The summed E-state index contributed by atoms with van der Waals surface area (Å²) in [6.45, 7) is 0. The van der Waals surface area contributed by atoms with Gasteiger partial charge < -0.3 is 15.2 Å². The molecule has 1 fully saturated rings. The lowest BCUT2D eigenvalue weighted by molar-refractivity contribution is -0.150. The van der Waals surface area contributed by atoms with E-state index < -0.39 is 11.4 Å². The Morgan fingerprint density at radius 2 is 2.05 bits per heavy atom. The van der Waals surface area contributed by atoms with E-state index in [-0.39, 0.29) is 12.3 Å². The fourth-order valence-corrected chi connectivity index (χ4v) is 2.96. The molecule has 1 aliphatic carbocycles. The van der Waals surface area contributed by atoms with Gasteiger partial charge in [-0.25, -0.2) is 0 Å². The molecular formula is C15H18ClNO4. The van der Waals surface area contributed by atoms with Crippen molar-refractivity contribution in [3.63, 3.8) is 0 Å². The van der Waals surface area contributed by atoms with E-state index in [0.29, 0.717) is 29.3 Å². The summed E-state index contributed by atoms with van der Waals surface area (Å²) in [5.74, 6) is -0.726. The van der Waals surface area contributed by atoms with Crippen LogP contribution in [-0.4, -0.2) is 24.1 Å². The Morgan fingerprint density at radius 1 is 1.38 bits per heavy atom. The lowest BCUT2D eigenvalue weighted by Gasteiger charge is -2.22. The molecule has 0 aromatic heterocycles. The number of hydrogen-bond acceptors (Lipinski definition) is 3. The number of carbonyl (C=O) groups excluding carboxylic acids is 1. The molecule has 0 aliphatic heterocycles. The number of methoxy groups -OCH3 is 1. The maximum atomic E-state index is 12.1. The van der Waals surface area contributed by atoms with Gasteiger partial charge in [0.05, 0.1) is 17.5 Å². The van der Waals surface area contributed by atoms with Crippen LogP contribution in [-0.2, 0) is 9.59 Å². The van der Waals surface area contributed by atoms with E-state index in [9.17, 15) is 14.7 Å². The largest absolute Gasteiger partial charge is 0.495 e. The van der Waals surface area contributed by atoms with Gasteiger partial charge in [-0.3, -0.25) is 9.59 Å². The van der Waals surface area contributed by atoms with Gasteiger partial charge in [0, 0.05) is 18.2 Å². The number of hydrogen-bond donors (Lipinski definition) is 2. The third-order valence-electron chi connectivity index (χ3n) is 3.95. The molecule has 1 saturated carbocycles. The van der Waals surface area contributed by atoms with Gasteiger partial charge in [-0.1, -0.05) is 24.4 Å². The van der Waals surface area contributed by atoms with E-state index in [1.807, 2.05) is 0 Å². The second-order valence-electron chi connectivity index (χ2n) is 5.37. The molecule has 5 nitrogen and oxygen atoms in total. The maximum Gasteiger partial charge on any atom is 0.310 e. The highest BCUT2D eigenvalue weighted by molar-refractivity contribution is 6.32. The van der Waals surface area contributed by atoms with E-state index in [1.54, 1.807) is 18.2 Å². The number of carbonyl (C=O) groups is 2. The Balaban J connectivity index is 2.06. The quantitative estimate of drug-likeness (QED) is 0.874. The van der Waals surface area contributed by atoms with Crippen molar-refractivity contribution in [2.45, 2.75) is 32.1 Å². The number of ether oxygens (including phenoxy) is 1. The monoisotopic (exact) mass is 311 g/mol. The van der Waals surface area contributed by atoms with E-state index in [1.165, 1.54) is 7.11 Å². The zero-order valence-corrected chi connectivity index (χ0v) is 12.6. The SMILES string of the molecule is COc1cc(NC(=O)CC2(C(=O)O)CCCC2)ccc1Cl. The van der Waals surface area contributed by atoms with Crippen LogP contribution in [0.5, 0.6) is 5.75 Å². The van der Waals surface area contributed by atoms with E-state index >= 15 is 0 Å². The molecule has 0 spiro atoms. The molecular weight excluding hydrogens is 294 g/mol. The van der Waals surface area contributed by atoms with Crippen LogP contribution < -0.4 is 10.1 Å². The summed E-state index contributed by atoms with van der Waals surface area (Å²) in [6.07, 6.45) is 2.81. The molecule has 1 amide bonds. The molecule has 1 aromatic rings. The van der Waals surface area contributed by atoms with Crippen molar-refractivity contribution in [2.24, 2.45) is 5.41 Å². The third kappa shape index (κ3) is 3.47. The second-order valence-corrected chi connectivity index (χ2v) is 5.77. The highest BCUT2D eigenvalue weighted by atomic mass is 35.5. The van der Waals surface area contributed by atoms with Gasteiger partial charge in [-0.05, 0) is 25.0 Å². The Bertz CT molecular complexity index is 553. The fourth-order valence-electron chi connectivity index (χ4n) is 2.77. The Morgan fingerprint density at radius 3 is 2.62 bits per heavy atom. The third-order valence-corrected chi connectivity index (χ3v) is 4.26. The van der Waals surface area contributed by atoms with E-state index in [0.717, 1.165) is 12.8 Å². The normalized spacial score (nSPS) is 16.5. The first kappa shape index (κ1) is 15.6. The number of carboxylic acids is 1. The van der Waals surface area contributed by atoms with Crippen LogP contribution in [0.25, 0.3) is 0 Å². The van der Waals surface area contributed by atoms with Crippen molar-refractivity contribution in [3.05, 3.63) is 23.2 Å². The second kappa shape index (κ2) is 6.35. The first-order valence-corrected chi connectivity index (χ1v) is 7.21. The topological polar surface area (TPSA) is 75.6 Å². The predicted molar refractivity (Wildman–Crippen MR) is 79.8 cm³/mol. The summed E-state index contributed by atoms with van der Waals surface area (Å²) in [6, 6.07) is 4.89. The number of aliphatic carboxylic acids is 1. The molecule has 0 atom stereocenters. The molecule has 2 N–H and O–H groups in total. The Labute approximate surface area is 128 Å². The molecule has 0 bridgehead atoms. The van der Waals surface area contributed by atoms with Crippen LogP contribution in [0.1, 0.15) is 32.1 Å². The minimum absolute atomic E-state index is 0.00667. The maximum absolute atomic E-state index is 12.1. The van der Waals surface area contributed by atoms with Gasteiger partial charge in [0.2, 0.25) is 5.91 Å². The lowest BCUT2D eigenvalue weighted by atomic mass is 9.82. The molecule has 0 saturated heterocycles. The fraction of sp³-hybridized carbons (Fsp3) is 0.467. The standard InChI is InChI=1S/C15H18ClNO4/c1-21-12-8-10(4-5-11(12)16)17-13(18)9-15(14(19)20)6-2-3-7-15/h4-5,8H,2-3,6-7,9H2,1H3,(H,17,18)(H,19,20). The summed E-state index contributed by atoms with van der Waals surface area (Å²) < 4.78 is 5.08. The number of rotatable bonds is 5. The molecule has 1 aromatic carbocycles. The van der Waals surface area contributed by atoms with Crippen LogP contribution >= 0.6 is 11.6 Å². The molecule has 6 heteroatoms. The van der Waals surface area contributed by atoms with Gasteiger partial charge in [-0.2, -0.15) is 0 Å². The smallest absolute Gasteiger partial charge is 0.310 e. The van der Waals surface area contributed by atoms with Crippen molar-refractivity contribution in [1.82, 2.24) is 0 Å². The minimum Gasteiger partial charge on any atom is -0.495 e. The molecule has 1 aliphatic rings. The summed E-state index contributed by atoms with van der Waals surface area (Å²) in [5.41, 5.74) is -0.375. The van der Waals surface area contributed by atoms with Gasteiger partial charge in [0.1, 0.15) is 5.75 Å². The molecule has 2 rings (SSSR count). The lowest BCUT2D eigenvalue weighted by Crippen LogP contribution is -2.32. The minimum atomic E-state index is -0.916. The van der Waals surface area contributed by atoms with Gasteiger partial charge >= 0.3 is 5.97 Å². The first-order chi connectivity index (χ1) is 9.97. The van der Waals surface area contributed by atoms with Crippen molar-refractivity contribution < 1.29 is 19.4 Å². The summed E-state index contributed by atoms with van der Waals surface area (Å²) in [5, 5.41) is 12.5. The van der Waals surface area contributed by atoms with Crippen LogP contribution in [0.3, 0.4) is 0 Å². The number of carboxylic acid groups (broad SMARTS) is 1. The van der Waals surface area contributed by atoms with Gasteiger partial charge in [0.15, 0.2) is 0 Å². The molecule has 0 unspecified atom stereocenters. The predicted octanol–water partition coefficient (Wildman–Crippen LogP) is 3.32. The van der Waals surface area contributed by atoms with E-state index in [4.69, 9.17) is 16.3 Å². The van der Waals surface area contributed by atoms with Crippen LogP contribution in [0, 0.1) is 5.41 Å². The Kier molecular flexibility index (Phi) is 4.73. The molecule has 21 heavy (non-hydrogen) atoms. The number of benzene rings is 1. The molecule has 114 valence electrons. The number of amides is 1. The van der Waals surface area contributed by atoms with Gasteiger partial charge in [-0.15, -0.1) is 0 Å². The first-order valence-electron chi connectivity index (χ1n) is 6.84. The highest BCUT2D eigenvalue weighted by Gasteiger charge is 2.42. The average molecular weight is 312 g/mol. The number of nitrogens with one attached hydrogen (secondary N) is 1. The van der Waals surface area contributed by atoms with Crippen molar-refractivity contribution in [2.75, 3.05) is 12.4 Å². The molecule has 0 radical (unpaired) electrons. The number of anilines is 1. The summed E-state index contributed by atoms with van der Waals surface area (Å²) in [7, 11) is 1.49. The van der Waals surface area contributed by atoms with Crippen molar-refractivity contribution >= 4 is 29.2 Å². The highest BCUT2D eigenvalue weighted by Crippen LogP contribution is 2.41. The van der Waals surface area contributed by atoms with E-state index in [2.05, 4.69) is 5.32 Å². The number of halogens is 1. The van der Waals surface area contributed by atoms with Crippen LogP contribution in [0.2, 0.25) is 5.02 Å². The average Bonchev–Trinajstić information content (AvgIpc) is 2.90.